The van der Waals surface area contributed by atoms with E-state index in [0.717, 1.165) is 13.1 Å². The van der Waals surface area contributed by atoms with Gasteiger partial charge in [0.25, 0.3) is 0 Å². The van der Waals surface area contributed by atoms with E-state index in [2.05, 4.69) is 16.7 Å². The summed E-state index contributed by atoms with van der Waals surface area (Å²) in [6.45, 7) is 4.63. The average Bonchev–Trinajstić information content (AvgIpc) is 2.71. The van der Waals surface area contributed by atoms with E-state index in [1.165, 1.54) is 25.7 Å². The second-order valence-electron chi connectivity index (χ2n) is 5.74. The number of hydrogen-bond donors (Lipinski definition) is 1. The monoisotopic (exact) mass is 240 g/mol. The standard InChI is InChI=1S/C13H24N2O2/c1-10-7-14(2)8-11(13(16)17)9-15(10)12-5-3-4-6-12/h10-12H,3-9H2,1-2H3,(H,16,17). The number of nitrogens with zero attached hydrogens (tertiary/aromatic N) is 2. The number of carboxylic acid groups (broad SMARTS) is 1. The van der Waals surface area contributed by atoms with Crippen LogP contribution < -0.4 is 0 Å². The van der Waals surface area contributed by atoms with Gasteiger partial charge in [0.05, 0.1) is 5.92 Å². The first-order valence-electron chi connectivity index (χ1n) is 6.75. The van der Waals surface area contributed by atoms with Crippen molar-refractivity contribution in [2.45, 2.75) is 44.7 Å². The Morgan fingerprint density at radius 3 is 2.41 bits per heavy atom. The maximum absolute atomic E-state index is 11.3. The maximum atomic E-state index is 11.3. The van der Waals surface area contributed by atoms with Crippen LogP contribution in [0.1, 0.15) is 32.6 Å². The highest BCUT2D eigenvalue weighted by Gasteiger charge is 2.34. The van der Waals surface area contributed by atoms with Gasteiger partial charge in [-0.3, -0.25) is 9.69 Å². The van der Waals surface area contributed by atoms with E-state index in [4.69, 9.17) is 0 Å². The summed E-state index contributed by atoms with van der Waals surface area (Å²) in [6, 6.07) is 1.10. The van der Waals surface area contributed by atoms with Crippen molar-refractivity contribution in [2.24, 2.45) is 5.92 Å². The summed E-state index contributed by atoms with van der Waals surface area (Å²) < 4.78 is 0. The lowest BCUT2D eigenvalue weighted by Gasteiger charge is -2.34. The van der Waals surface area contributed by atoms with Crippen molar-refractivity contribution in [1.29, 1.82) is 0 Å². The van der Waals surface area contributed by atoms with Gasteiger partial charge in [-0.25, -0.2) is 0 Å². The number of carbonyl (C=O) groups is 1. The van der Waals surface area contributed by atoms with Gasteiger partial charge in [0, 0.05) is 31.7 Å². The highest BCUT2D eigenvalue weighted by molar-refractivity contribution is 5.70. The first-order chi connectivity index (χ1) is 8.08. The summed E-state index contributed by atoms with van der Waals surface area (Å²) in [5.41, 5.74) is 0. The van der Waals surface area contributed by atoms with E-state index in [0.29, 0.717) is 18.6 Å². The molecule has 0 radical (unpaired) electrons. The first-order valence-corrected chi connectivity index (χ1v) is 6.75. The Kier molecular flexibility index (Phi) is 4.05. The molecule has 0 amide bonds. The predicted octanol–water partition coefficient (Wildman–Crippen LogP) is 1.27. The molecular weight excluding hydrogens is 216 g/mol. The van der Waals surface area contributed by atoms with Gasteiger partial charge < -0.3 is 10.0 Å². The molecule has 4 heteroatoms. The zero-order valence-electron chi connectivity index (χ0n) is 10.9. The SMILES string of the molecule is CC1CN(C)CC(C(=O)O)CN1C1CCCC1. The van der Waals surface area contributed by atoms with Crippen molar-refractivity contribution < 1.29 is 9.90 Å². The fourth-order valence-electron chi connectivity index (χ4n) is 3.40. The first kappa shape index (κ1) is 12.8. The Bertz CT molecular complexity index is 277. The minimum Gasteiger partial charge on any atom is -0.481 e. The molecule has 1 saturated heterocycles. The fraction of sp³-hybridized carbons (Fsp3) is 0.923. The third kappa shape index (κ3) is 2.99. The van der Waals surface area contributed by atoms with Crippen LogP contribution in [0.25, 0.3) is 0 Å². The summed E-state index contributed by atoms with van der Waals surface area (Å²) in [5, 5.41) is 9.27. The third-order valence-corrected chi connectivity index (χ3v) is 4.25. The third-order valence-electron chi connectivity index (χ3n) is 4.25. The topological polar surface area (TPSA) is 43.8 Å². The van der Waals surface area contributed by atoms with Gasteiger partial charge in [-0.1, -0.05) is 12.8 Å². The van der Waals surface area contributed by atoms with Crippen LogP contribution in [0.4, 0.5) is 0 Å². The van der Waals surface area contributed by atoms with Crippen molar-refractivity contribution >= 4 is 5.97 Å². The van der Waals surface area contributed by atoms with E-state index in [-0.39, 0.29) is 5.92 Å². The van der Waals surface area contributed by atoms with E-state index >= 15 is 0 Å². The summed E-state index contributed by atoms with van der Waals surface area (Å²) >= 11 is 0. The molecule has 0 aromatic rings. The van der Waals surface area contributed by atoms with Crippen molar-refractivity contribution in [3.05, 3.63) is 0 Å². The lowest BCUT2D eigenvalue weighted by Crippen LogP contribution is -2.44. The van der Waals surface area contributed by atoms with Gasteiger partial charge in [0.2, 0.25) is 0 Å². The van der Waals surface area contributed by atoms with Gasteiger partial charge in [-0.05, 0) is 26.8 Å². The number of hydrogen-bond acceptors (Lipinski definition) is 3. The van der Waals surface area contributed by atoms with Gasteiger partial charge >= 0.3 is 5.97 Å². The molecule has 0 bridgehead atoms. The lowest BCUT2D eigenvalue weighted by atomic mass is 10.1. The number of carboxylic acids is 1. The van der Waals surface area contributed by atoms with E-state index in [9.17, 15) is 9.90 Å². The van der Waals surface area contributed by atoms with Crippen LogP contribution in [0.15, 0.2) is 0 Å². The molecule has 2 unspecified atom stereocenters. The van der Waals surface area contributed by atoms with Crippen molar-refractivity contribution in [3.63, 3.8) is 0 Å². The van der Waals surface area contributed by atoms with Crippen LogP contribution in [0, 0.1) is 5.92 Å². The smallest absolute Gasteiger partial charge is 0.309 e. The van der Waals surface area contributed by atoms with Crippen LogP contribution in [0.5, 0.6) is 0 Å². The minimum absolute atomic E-state index is 0.231. The molecule has 2 atom stereocenters. The average molecular weight is 240 g/mol. The molecule has 17 heavy (non-hydrogen) atoms. The van der Waals surface area contributed by atoms with Crippen molar-refractivity contribution in [2.75, 3.05) is 26.7 Å². The molecule has 1 heterocycles. The fourth-order valence-corrected chi connectivity index (χ4v) is 3.40. The second-order valence-corrected chi connectivity index (χ2v) is 5.74. The molecular formula is C13H24N2O2. The van der Waals surface area contributed by atoms with Crippen LogP contribution in [0.2, 0.25) is 0 Å². The van der Waals surface area contributed by atoms with Crippen LogP contribution in [0.3, 0.4) is 0 Å². The lowest BCUT2D eigenvalue weighted by molar-refractivity contribution is -0.142. The Hall–Kier alpha value is -0.610. The molecule has 2 aliphatic rings. The summed E-state index contributed by atoms with van der Waals surface area (Å²) in [6.07, 6.45) is 5.11. The quantitative estimate of drug-likeness (QED) is 0.789. The Labute approximate surface area is 104 Å². The predicted molar refractivity (Wildman–Crippen MR) is 67.0 cm³/mol. The maximum Gasteiger partial charge on any atom is 0.309 e. The number of aliphatic carboxylic acids is 1. The molecule has 1 saturated carbocycles. The molecule has 0 aromatic carbocycles. The number of rotatable bonds is 2. The normalized spacial score (nSPS) is 33.8. The minimum atomic E-state index is -0.644. The van der Waals surface area contributed by atoms with Gasteiger partial charge in [-0.15, -0.1) is 0 Å². The molecule has 2 fully saturated rings. The molecule has 0 aromatic heterocycles. The highest BCUT2D eigenvalue weighted by atomic mass is 16.4. The molecule has 4 nitrogen and oxygen atoms in total. The Balaban J connectivity index is 2.08. The molecule has 1 N–H and O–H groups in total. The summed E-state index contributed by atoms with van der Waals surface area (Å²) in [7, 11) is 2.03. The summed E-state index contributed by atoms with van der Waals surface area (Å²) in [4.78, 5) is 15.9. The van der Waals surface area contributed by atoms with Gasteiger partial charge in [0.1, 0.15) is 0 Å². The number of likely N-dealkylation sites (N-methyl/N-ethyl adjacent to an activating group) is 1. The van der Waals surface area contributed by atoms with E-state index < -0.39 is 5.97 Å². The van der Waals surface area contributed by atoms with Gasteiger partial charge in [0.15, 0.2) is 0 Å². The molecule has 98 valence electrons. The second kappa shape index (κ2) is 5.36. The molecule has 0 spiro atoms. The van der Waals surface area contributed by atoms with Crippen LogP contribution in [-0.2, 0) is 4.79 Å². The van der Waals surface area contributed by atoms with Crippen molar-refractivity contribution in [1.82, 2.24) is 9.80 Å². The molecule has 1 aliphatic carbocycles. The van der Waals surface area contributed by atoms with E-state index in [1.54, 1.807) is 0 Å². The Morgan fingerprint density at radius 1 is 1.18 bits per heavy atom. The van der Waals surface area contributed by atoms with Gasteiger partial charge in [-0.2, -0.15) is 0 Å². The largest absolute Gasteiger partial charge is 0.481 e. The summed E-state index contributed by atoms with van der Waals surface area (Å²) in [5.74, 6) is -0.875. The van der Waals surface area contributed by atoms with Crippen molar-refractivity contribution in [3.8, 4) is 0 Å². The Morgan fingerprint density at radius 2 is 1.82 bits per heavy atom. The molecule has 2 rings (SSSR count). The zero-order valence-corrected chi connectivity index (χ0v) is 10.9. The van der Waals surface area contributed by atoms with Crippen LogP contribution in [-0.4, -0.2) is 59.6 Å². The molecule has 1 aliphatic heterocycles. The zero-order chi connectivity index (χ0) is 12.4. The highest BCUT2D eigenvalue weighted by Crippen LogP contribution is 2.27. The van der Waals surface area contributed by atoms with Crippen LogP contribution >= 0.6 is 0 Å². The van der Waals surface area contributed by atoms with E-state index in [1.807, 2.05) is 7.05 Å².